The van der Waals surface area contributed by atoms with Crippen molar-refractivity contribution in [3.8, 4) is 0 Å². The molecule has 0 radical (unpaired) electrons. The molecule has 5 heteroatoms. The van der Waals surface area contributed by atoms with E-state index in [0.717, 1.165) is 18.4 Å². The Bertz CT molecular complexity index is 599. The molecule has 0 N–H and O–H groups in total. The lowest BCUT2D eigenvalue weighted by molar-refractivity contribution is 0.0206. The van der Waals surface area contributed by atoms with Gasteiger partial charge in [-0.1, -0.05) is 12.1 Å². The fourth-order valence-electron chi connectivity index (χ4n) is 3.31. The lowest BCUT2D eigenvalue weighted by atomic mass is 9.94. The van der Waals surface area contributed by atoms with Gasteiger partial charge in [-0.2, -0.15) is 4.31 Å². The van der Waals surface area contributed by atoms with Gasteiger partial charge >= 0.3 is 0 Å². The minimum Gasteiger partial charge on any atom is -0.375 e. The summed E-state index contributed by atoms with van der Waals surface area (Å²) in [6.07, 6.45) is 2.27. The SMILES string of the molecule is Cc1cccc(S(=O)(=O)N2CC[C@H]3O[C@@H](C)C[C@H]3C2)c1. The highest BCUT2D eigenvalue weighted by Gasteiger charge is 2.40. The van der Waals surface area contributed by atoms with Gasteiger partial charge in [0.05, 0.1) is 17.1 Å². The highest BCUT2D eigenvalue weighted by Crippen LogP contribution is 2.34. The Morgan fingerprint density at radius 2 is 2.15 bits per heavy atom. The molecule has 4 nitrogen and oxygen atoms in total. The van der Waals surface area contributed by atoms with Gasteiger partial charge in [0.2, 0.25) is 10.0 Å². The van der Waals surface area contributed by atoms with Gasteiger partial charge in [0.15, 0.2) is 0 Å². The first-order valence-electron chi connectivity index (χ1n) is 7.19. The van der Waals surface area contributed by atoms with Gasteiger partial charge in [-0.15, -0.1) is 0 Å². The Morgan fingerprint density at radius 1 is 1.35 bits per heavy atom. The zero-order chi connectivity index (χ0) is 14.3. The first kappa shape index (κ1) is 14.0. The van der Waals surface area contributed by atoms with Crippen LogP contribution in [0.1, 0.15) is 25.3 Å². The Labute approximate surface area is 120 Å². The van der Waals surface area contributed by atoms with Gasteiger partial charge in [0.1, 0.15) is 0 Å². The molecule has 2 heterocycles. The van der Waals surface area contributed by atoms with Crippen molar-refractivity contribution in [3.63, 3.8) is 0 Å². The number of ether oxygens (including phenoxy) is 1. The lowest BCUT2D eigenvalue weighted by Gasteiger charge is -2.33. The number of hydrogen-bond acceptors (Lipinski definition) is 3. The van der Waals surface area contributed by atoms with Gasteiger partial charge in [-0.05, 0) is 44.4 Å². The highest BCUT2D eigenvalue weighted by atomic mass is 32.2. The van der Waals surface area contributed by atoms with Crippen LogP contribution < -0.4 is 0 Å². The van der Waals surface area contributed by atoms with E-state index in [1.807, 2.05) is 13.0 Å². The minimum atomic E-state index is -3.36. The fourth-order valence-corrected chi connectivity index (χ4v) is 4.92. The molecule has 2 aliphatic heterocycles. The van der Waals surface area contributed by atoms with Crippen molar-refractivity contribution in [1.82, 2.24) is 4.31 Å². The van der Waals surface area contributed by atoms with Crippen molar-refractivity contribution < 1.29 is 13.2 Å². The molecule has 0 aliphatic carbocycles. The molecule has 1 aromatic carbocycles. The number of hydrogen-bond donors (Lipinski definition) is 0. The Morgan fingerprint density at radius 3 is 2.90 bits per heavy atom. The van der Waals surface area contributed by atoms with E-state index in [0.29, 0.717) is 23.9 Å². The van der Waals surface area contributed by atoms with Gasteiger partial charge in [-0.3, -0.25) is 0 Å². The van der Waals surface area contributed by atoms with E-state index in [9.17, 15) is 8.42 Å². The molecule has 2 fully saturated rings. The zero-order valence-corrected chi connectivity index (χ0v) is 12.8. The number of nitrogens with zero attached hydrogens (tertiary/aromatic N) is 1. The van der Waals surface area contributed by atoms with Crippen molar-refractivity contribution in [1.29, 1.82) is 0 Å². The van der Waals surface area contributed by atoms with Crippen molar-refractivity contribution in [2.75, 3.05) is 13.1 Å². The number of piperidine rings is 1. The number of fused-ring (bicyclic) bond motifs is 1. The largest absolute Gasteiger partial charge is 0.375 e. The maximum Gasteiger partial charge on any atom is 0.243 e. The van der Waals surface area contributed by atoms with Crippen molar-refractivity contribution in [2.24, 2.45) is 5.92 Å². The highest BCUT2D eigenvalue weighted by molar-refractivity contribution is 7.89. The van der Waals surface area contributed by atoms with E-state index in [1.54, 1.807) is 22.5 Å². The van der Waals surface area contributed by atoms with Crippen LogP contribution in [0.4, 0.5) is 0 Å². The molecule has 2 aliphatic rings. The quantitative estimate of drug-likeness (QED) is 0.840. The van der Waals surface area contributed by atoms with Crippen molar-refractivity contribution in [3.05, 3.63) is 29.8 Å². The third-order valence-corrected chi connectivity index (χ3v) is 6.16. The molecule has 0 saturated carbocycles. The molecule has 0 spiro atoms. The minimum absolute atomic E-state index is 0.244. The molecule has 0 aromatic heterocycles. The van der Waals surface area contributed by atoms with E-state index in [1.165, 1.54) is 0 Å². The maximum absolute atomic E-state index is 12.7. The summed E-state index contributed by atoms with van der Waals surface area (Å²) in [6, 6.07) is 7.14. The molecular formula is C15H21NO3S. The Hall–Kier alpha value is -0.910. The normalized spacial score (nSPS) is 31.2. The van der Waals surface area contributed by atoms with Crippen LogP contribution in [0.2, 0.25) is 0 Å². The van der Waals surface area contributed by atoms with E-state index in [4.69, 9.17) is 4.74 Å². The third-order valence-electron chi connectivity index (χ3n) is 4.30. The lowest BCUT2D eigenvalue weighted by Crippen LogP contribution is -2.44. The first-order valence-corrected chi connectivity index (χ1v) is 8.63. The second-order valence-electron chi connectivity index (χ2n) is 5.95. The number of rotatable bonds is 2. The summed E-state index contributed by atoms with van der Waals surface area (Å²) in [6.45, 7) is 5.13. The van der Waals surface area contributed by atoms with E-state index in [2.05, 4.69) is 6.92 Å². The van der Waals surface area contributed by atoms with Gasteiger partial charge in [0.25, 0.3) is 0 Å². The monoisotopic (exact) mass is 295 g/mol. The molecule has 3 atom stereocenters. The van der Waals surface area contributed by atoms with Gasteiger partial charge in [-0.25, -0.2) is 8.42 Å². The van der Waals surface area contributed by atoms with Crippen LogP contribution in [-0.4, -0.2) is 38.0 Å². The predicted molar refractivity (Wildman–Crippen MR) is 77.0 cm³/mol. The molecule has 3 rings (SSSR count). The van der Waals surface area contributed by atoms with Crippen LogP contribution in [0.15, 0.2) is 29.2 Å². The second kappa shape index (κ2) is 5.13. The summed E-state index contributed by atoms with van der Waals surface area (Å²) in [7, 11) is -3.36. The second-order valence-corrected chi connectivity index (χ2v) is 7.89. The molecule has 2 saturated heterocycles. The number of sulfonamides is 1. The number of aryl methyl sites for hydroxylation is 1. The van der Waals surface area contributed by atoms with E-state index >= 15 is 0 Å². The molecule has 0 unspecified atom stereocenters. The van der Waals surface area contributed by atoms with Crippen molar-refractivity contribution >= 4 is 10.0 Å². The summed E-state index contributed by atoms with van der Waals surface area (Å²) in [5, 5.41) is 0. The van der Waals surface area contributed by atoms with Crippen LogP contribution in [0.3, 0.4) is 0 Å². The van der Waals surface area contributed by atoms with E-state index < -0.39 is 10.0 Å². The molecule has 0 amide bonds. The summed E-state index contributed by atoms with van der Waals surface area (Å²) >= 11 is 0. The molecule has 20 heavy (non-hydrogen) atoms. The predicted octanol–water partition coefficient (Wildman–Crippen LogP) is 2.18. The summed E-state index contributed by atoms with van der Waals surface area (Å²) in [5.74, 6) is 0.346. The van der Waals surface area contributed by atoms with Gasteiger partial charge in [0, 0.05) is 19.0 Å². The van der Waals surface area contributed by atoms with Crippen LogP contribution in [0.25, 0.3) is 0 Å². The first-order chi connectivity index (χ1) is 9.46. The third kappa shape index (κ3) is 2.50. The molecule has 1 aromatic rings. The fraction of sp³-hybridized carbons (Fsp3) is 0.600. The Kier molecular flexibility index (Phi) is 3.60. The van der Waals surface area contributed by atoms with Crippen LogP contribution in [0, 0.1) is 12.8 Å². The van der Waals surface area contributed by atoms with E-state index in [-0.39, 0.29) is 12.2 Å². The molecule has 0 bridgehead atoms. The topological polar surface area (TPSA) is 46.6 Å². The summed E-state index contributed by atoms with van der Waals surface area (Å²) in [4.78, 5) is 0.405. The summed E-state index contributed by atoms with van der Waals surface area (Å²) in [5.41, 5.74) is 0.971. The van der Waals surface area contributed by atoms with Crippen molar-refractivity contribution in [2.45, 2.75) is 43.8 Å². The van der Waals surface area contributed by atoms with Gasteiger partial charge < -0.3 is 4.74 Å². The average Bonchev–Trinajstić information content (AvgIpc) is 2.77. The zero-order valence-electron chi connectivity index (χ0n) is 12.0. The smallest absolute Gasteiger partial charge is 0.243 e. The molecule has 110 valence electrons. The van der Waals surface area contributed by atoms with Crippen LogP contribution in [0.5, 0.6) is 0 Å². The van der Waals surface area contributed by atoms with Crippen LogP contribution in [-0.2, 0) is 14.8 Å². The van der Waals surface area contributed by atoms with Crippen LogP contribution >= 0.6 is 0 Å². The number of benzene rings is 1. The maximum atomic E-state index is 12.7. The summed E-state index contributed by atoms with van der Waals surface area (Å²) < 4.78 is 32.8. The molecular weight excluding hydrogens is 274 g/mol. The Balaban J connectivity index is 1.82. The standard InChI is InChI=1S/C15H21NO3S/c1-11-4-3-5-14(8-11)20(17,18)16-7-6-15-13(10-16)9-12(2)19-15/h3-5,8,12-13,15H,6-7,9-10H2,1-2H3/t12-,13-,15+/m0/s1. The average molecular weight is 295 g/mol.